The van der Waals surface area contributed by atoms with E-state index in [-0.39, 0.29) is 10.8 Å². The lowest BCUT2D eigenvalue weighted by Crippen LogP contribution is -2.26. The topological polar surface area (TPSA) is 80.2 Å². The van der Waals surface area contributed by atoms with Crippen LogP contribution in [0.15, 0.2) is 59.6 Å². The molecule has 0 saturated carbocycles. The van der Waals surface area contributed by atoms with Gasteiger partial charge in [0.1, 0.15) is 0 Å². The highest BCUT2D eigenvalue weighted by Gasteiger charge is 2.17. The second-order valence-corrected chi connectivity index (χ2v) is 8.22. The Morgan fingerprint density at radius 1 is 1.11 bits per heavy atom. The molecule has 1 aromatic heterocycles. The largest absolute Gasteiger partial charge is 0.347 e. The third kappa shape index (κ3) is 4.56. The Bertz CT molecular complexity index is 1070. The minimum absolute atomic E-state index is 0.181. The normalized spacial score (nSPS) is 11.6. The van der Waals surface area contributed by atoms with Gasteiger partial charge < -0.3 is 9.88 Å². The zero-order valence-electron chi connectivity index (χ0n) is 15.4. The van der Waals surface area contributed by atoms with Gasteiger partial charge in [-0.05, 0) is 48.6 Å². The third-order valence-corrected chi connectivity index (χ3v) is 5.95. The minimum Gasteiger partial charge on any atom is -0.347 e. The number of carbonyl (C=O) groups excluding carboxylic acids is 1. The number of carbonyl (C=O) groups is 1. The number of aromatic nitrogens is 1. The highest BCUT2D eigenvalue weighted by Crippen LogP contribution is 2.20. The van der Waals surface area contributed by atoms with Gasteiger partial charge in [-0.1, -0.05) is 24.3 Å². The van der Waals surface area contributed by atoms with Crippen molar-refractivity contribution < 1.29 is 13.2 Å². The van der Waals surface area contributed by atoms with Gasteiger partial charge in [0.05, 0.1) is 4.90 Å². The number of nitrogens with zero attached hydrogens (tertiary/aromatic N) is 1. The summed E-state index contributed by atoms with van der Waals surface area (Å²) < 4.78 is 30.0. The molecule has 2 N–H and O–H groups in total. The van der Waals surface area contributed by atoms with Gasteiger partial charge >= 0.3 is 0 Å². The summed E-state index contributed by atoms with van der Waals surface area (Å²) in [5.74, 6) is -0.242. The fourth-order valence-electron chi connectivity index (χ4n) is 3.04. The Labute approximate surface area is 159 Å². The number of hydrogen-bond acceptors (Lipinski definition) is 3. The molecular formula is C20H23N3O3S. The molecule has 0 spiro atoms. The zero-order valence-corrected chi connectivity index (χ0v) is 16.2. The van der Waals surface area contributed by atoms with Crippen molar-refractivity contribution in [3.63, 3.8) is 0 Å². The molecule has 0 aliphatic heterocycles. The summed E-state index contributed by atoms with van der Waals surface area (Å²) in [6, 6.07) is 15.0. The molecule has 1 heterocycles. The standard InChI is InChI=1S/C20H23N3O3S/c1-15-8-9-18(22-16(2)24)14-20(15)27(25,26)21-11-5-12-23-13-10-17-6-3-4-7-19(17)23/h3-4,6-10,13-14,21H,5,11-12H2,1-2H3,(H,22,24). The van der Waals surface area contributed by atoms with E-state index in [2.05, 4.69) is 32.8 Å². The van der Waals surface area contributed by atoms with Crippen LogP contribution in [0, 0.1) is 6.92 Å². The summed E-state index contributed by atoms with van der Waals surface area (Å²) >= 11 is 0. The summed E-state index contributed by atoms with van der Waals surface area (Å²) in [6.07, 6.45) is 2.68. The third-order valence-electron chi connectivity index (χ3n) is 4.35. The number of nitrogens with one attached hydrogen (secondary N) is 2. The number of anilines is 1. The first-order valence-electron chi connectivity index (χ1n) is 8.78. The summed E-state index contributed by atoms with van der Waals surface area (Å²) in [4.78, 5) is 11.4. The smallest absolute Gasteiger partial charge is 0.240 e. The molecule has 2 aromatic carbocycles. The maximum atomic E-state index is 12.6. The number of rotatable bonds is 7. The fraction of sp³-hybridized carbons (Fsp3) is 0.250. The van der Waals surface area contributed by atoms with E-state index >= 15 is 0 Å². The molecule has 0 unspecified atom stereocenters. The van der Waals surface area contributed by atoms with E-state index in [1.54, 1.807) is 19.1 Å². The van der Waals surface area contributed by atoms with Gasteiger partial charge in [-0.15, -0.1) is 0 Å². The monoisotopic (exact) mass is 385 g/mol. The number of benzene rings is 2. The van der Waals surface area contributed by atoms with E-state index in [9.17, 15) is 13.2 Å². The van der Waals surface area contributed by atoms with Crippen LogP contribution in [0.5, 0.6) is 0 Å². The molecular weight excluding hydrogens is 362 g/mol. The Balaban J connectivity index is 1.64. The first kappa shape index (κ1) is 19.1. The Morgan fingerprint density at radius 2 is 1.89 bits per heavy atom. The van der Waals surface area contributed by atoms with E-state index in [4.69, 9.17) is 0 Å². The maximum absolute atomic E-state index is 12.6. The Hall–Kier alpha value is -2.64. The number of para-hydroxylation sites is 1. The van der Waals surface area contributed by atoms with Gasteiger partial charge in [-0.2, -0.15) is 0 Å². The van der Waals surface area contributed by atoms with Crippen molar-refractivity contribution in [2.45, 2.75) is 31.7 Å². The van der Waals surface area contributed by atoms with Crippen molar-refractivity contribution >= 4 is 32.5 Å². The molecule has 1 amide bonds. The minimum atomic E-state index is -3.64. The van der Waals surface area contributed by atoms with Crippen LogP contribution in [0.2, 0.25) is 0 Å². The van der Waals surface area contributed by atoms with Crippen LogP contribution < -0.4 is 10.0 Å². The van der Waals surface area contributed by atoms with Crippen LogP contribution in [0.3, 0.4) is 0 Å². The molecule has 0 bridgehead atoms. The molecule has 142 valence electrons. The van der Waals surface area contributed by atoms with Crippen LogP contribution >= 0.6 is 0 Å². The number of aryl methyl sites for hydroxylation is 2. The Kier molecular flexibility index (Phi) is 5.62. The Morgan fingerprint density at radius 3 is 2.67 bits per heavy atom. The average Bonchev–Trinajstić information content (AvgIpc) is 3.03. The van der Waals surface area contributed by atoms with E-state index in [1.807, 2.05) is 18.3 Å². The van der Waals surface area contributed by atoms with E-state index in [1.165, 1.54) is 18.4 Å². The molecule has 0 fully saturated rings. The lowest BCUT2D eigenvalue weighted by Gasteiger charge is -2.12. The van der Waals surface area contributed by atoms with Gasteiger partial charge in [0.2, 0.25) is 15.9 Å². The van der Waals surface area contributed by atoms with E-state index in [0.717, 1.165) is 12.1 Å². The molecule has 3 rings (SSSR count). The summed E-state index contributed by atoms with van der Waals surface area (Å²) in [7, 11) is -3.64. The molecule has 0 saturated heterocycles. The van der Waals surface area contributed by atoms with Crippen molar-refractivity contribution in [2.24, 2.45) is 0 Å². The second-order valence-electron chi connectivity index (χ2n) is 6.48. The molecule has 27 heavy (non-hydrogen) atoms. The molecule has 3 aromatic rings. The summed E-state index contributed by atoms with van der Waals surface area (Å²) in [5, 5.41) is 3.78. The predicted octanol–water partition coefficient (Wildman–Crippen LogP) is 3.28. The van der Waals surface area contributed by atoms with Crippen LogP contribution in [0.25, 0.3) is 10.9 Å². The summed E-state index contributed by atoms with van der Waals surface area (Å²) in [6.45, 7) is 4.18. The molecule has 0 atom stereocenters. The lowest BCUT2D eigenvalue weighted by atomic mass is 10.2. The van der Waals surface area contributed by atoms with Gasteiger partial charge in [0, 0.05) is 37.4 Å². The lowest BCUT2D eigenvalue weighted by molar-refractivity contribution is -0.114. The van der Waals surface area contributed by atoms with Crippen molar-refractivity contribution in [1.82, 2.24) is 9.29 Å². The van der Waals surface area contributed by atoms with Crippen LogP contribution in [0.4, 0.5) is 5.69 Å². The second kappa shape index (κ2) is 7.94. The maximum Gasteiger partial charge on any atom is 0.240 e. The van der Waals surface area contributed by atoms with Crippen molar-refractivity contribution in [1.29, 1.82) is 0 Å². The van der Waals surface area contributed by atoms with Crippen molar-refractivity contribution in [2.75, 3.05) is 11.9 Å². The zero-order chi connectivity index (χ0) is 19.4. The van der Waals surface area contributed by atoms with Gasteiger partial charge in [-0.3, -0.25) is 4.79 Å². The van der Waals surface area contributed by atoms with Gasteiger partial charge in [-0.25, -0.2) is 13.1 Å². The SMILES string of the molecule is CC(=O)Nc1ccc(C)c(S(=O)(=O)NCCCn2ccc3ccccc32)c1. The number of hydrogen-bond donors (Lipinski definition) is 2. The molecule has 0 aliphatic carbocycles. The molecule has 0 aliphatic rings. The first-order valence-corrected chi connectivity index (χ1v) is 10.3. The van der Waals surface area contributed by atoms with E-state index < -0.39 is 10.0 Å². The van der Waals surface area contributed by atoms with Crippen molar-refractivity contribution in [3.05, 3.63) is 60.3 Å². The van der Waals surface area contributed by atoms with Gasteiger partial charge in [0.15, 0.2) is 0 Å². The number of fused-ring (bicyclic) bond motifs is 1. The molecule has 0 radical (unpaired) electrons. The van der Waals surface area contributed by atoms with Crippen LogP contribution in [-0.4, -0.2) is 25.4 Å². The van der Waals surface area contributed by atoms with Crippen LogP contribution in [-0.2, 0) is 21.4 Å². The average molecular weight is 385 g/mol. The molecule has 6 nitrogen and oxygen atoms in total. The summed E-state index contributed by atoms with van der Waals surface area (Å²) in [5.41, 5.74) is 2.24. The molecule has 7 heteroatoms. The highest BCUT2D eigenvalue weighted by molar-refractivity contribution is 7.89. The van der Waals surface area contributed by atoms with Crippen molar-refractivity contribution in [3.8, 4) is 0 Å². The van der Waals surface area contributed by atoms with Gasteiger partial charge in [0.25, 0.3) is 0 Å². The first-order chi connectivity index (χ1) is 12.9. The van der Waals surface area contributed by atoms with Crippen LogP contribution in [0.1, 0.15) is 18.9 Å². The fourth-order valence-corrected chi connectivity index (χ4v) is 4.38. The highest BCUT2D eigenvalue weighted by atomic mass is 32.2. The number of sulfonamides is 1. The quantitative estimate of drug-likeness (QED) is 0.613. The predicted molar refractivity (Wildman–Crippen MR) is 107 cm³/mol. The van der Waals surface area contributed by atoms with E-state index in [0.29, 0.717) is 24.2 Å². The number of amides is 1.